The zero-order valence-corrected chi connectivity index (χ0v) is 14.4. The molecule has 1 aliphatic heterocycles. The molecule has 1 fully saturated rings. The molecule has 2 aromatic rings. The van der Waals surface area contributed by atoms with Gasteiger partial charge in [0.2, 0.25) is 5.91 Å². The Hall–Kier alpha value is -2.63. The molecule has 3 rings (SSSR count). The van der Waals surface area contributed by atoms with E-state index in [1.807, 2.05) is 43.5 Å². The molecule has 6 nitrogen and oxygen atoms in total. The second-order valence-corrected chi connectivity index (χ2v) is 6.37. The molecule has 1 aliphatic rings. The molecule has 0 radical (unpaired) electrons. The molecule has 0 N–H and O–H groups in total. The summed E-state index contributed by atoms with van der Waals surface area (Å²) in [6, 6.07) is 9.10. The number of hydrogen-bond acceptors (Lipinski definition) is 4. The Morgan fingerprint density at radius 2 is 2.08 bits per heavy atom. The minimum absolute atomic E-state index is 0.0210. The van der Waals surface area contributed by atoms with Crippen molar-refractivity contribution in [2.75, 3.05) is 6.54 Å². The minimum Gasteiger partial charge on any atom is -0.459 e. The lowest BCUT2D eigenvalue weighted by Crippen LogP contribution is -2.41. The highest BCUT2D eigenvalue weighted by molar-refractivity contribution is 5.85. The number of likely N-dealkylation sites (tertiary alicyclic amines) is 1. The molecule has 132 valence electrons. The second kappa shape index (κ2) is 7.96. The van der Waals surface area contributed by atoms with E-state index in [1.54, 1.807) is 15.8 Å². The largest absolute Gasteiger partial charge is 0.459 e. The average molecular weight is 341 g/mol. The van der Waals surface area contributed by atoms with Crippen molar-refractivity contribution in [1.82, 2.24) is 14.7 Å². The van der Waals surface area contributed by atoms with Crippen LogP contribution in [0.25, 0.3) is 0 Å². The number of benzene rings is 1. The summed E-state index contributed by atoms with van der Waals surface area (Å²) in [6.45, 7) is 3.34. The molecule has 6 heteroatoms. The highest BCUT2D eigenvalue weighted by Gasteiger charge is 2.34. The van der Waals surface area contributed by atoms with Gasteiger partial charge in [-0.1, -0.05) is 30.3 Å². The van der Waals surface area contributed by atoms with E-state index in [4.69, 9.17) is 4.74 Å². The second-order valence-electron chi connectivity index (χ2n) is 6.37. The highest BCUT2D eigenvalue weighted by atomic mass is 16.5. The van der Waals surface area contributed by atoms with Gasteiger partial charge >= 0.3 is 5.97 Å². The number of aryl methyl sites for hydroxylation is 2. The first-order valence-corrected chi connectivity index (χ1v) is 8.62. The Balaban J connectivity index is 1.52. The summed E-state index contributed by atoms with van der Waals surface area (Å²) in [5, 5.41) is 4.19. The Labute approximate surface area is 147 Å². The van der Waals surface area contributed by atoms with Crippen LogP contribution in [0.3, 0.4) is 0 Å². The summed E-state index contributed by atoms with van der Waals surface area (Å²) in [5.74, 6) is -0.336. The predicted octanol–water partition coefficient (Wildman–Crippen LogP) is 2.32. The van der Waals surface area contributed by atoms with E-state index < -0.39 is 6.04 Å². The van der Waals surface area contributed by atoms with Gasteiger partial charge in [0.25, 0.3) is 0 Å². The van der Waals surface area contributed by atoms with Crippen LogP contribution in [0.1, 0.15) is 30.4 Å². The fourth-order valence-corrected chi connectivity index (χ4v) is 3.08. The number of carbonyl (C=O) groups excluding carboxylic acids is 2. The molecule has 0 aliphatic carbocycles. The van der Waals surface area contributed by atoms with Crippen molar-refractivity contribution in [3.8, 4) is 0 Å². The molecule has 0 spiro atoms. The number of esters is 1. The molecule has 0 unspecified atom stereocenters. The first-order chi connectivity index (χ1) is 12.1. The van der Waals surface area contributed by atoms with Crippen LogP contribution < -0.4 is 0 Å². The predicted molar refractivity (Wildman–Crippen MR) is 92.6 cm³/mol. The molecule has 1 aromatic carbocycles. The molecular weight excluding hydrogens is 318 g/mol. The summed E-state index contributed by atoms with van der Waals surface area (Å²) >= 11 is 0. The monoisotopic (exact) mass is 341 g/mol. The summed E-state index contributed by atoms with van der Waals surface area (Å²) in [5.41, 5.74) is 2.01. The Morgan fingerprint density at radius 1 is 1.28 bits per heavy atom. The van der Waals surface area contributed by atoms with E-state index >= 15 is 0 Å². The topological polar surface area (TPSA) is 64.4 Å². The number of carbonyl (C=O) groups is 2. The van der Waals surface area contributed by atoms with Crippen LogP contribution in [0.5, 0.6) is 0 Å². The minimum atomic E-state index is -0.462. The quantitative estimate of drug-likeness (QED) is 0.757. The first-order valence-electron chi connectivity index (χ1n) is 8.62. The van der Waals surface area contributed by atoms with Gasteiger partial charge in [-0.15, -0.1) is 0 Å². The summed E-state index contributed by atoms with van der Waals surface area (Å²) in [7, 11) is 0. The smallest absolute Gasteiger partial charge is 0.329 e. The van der Waals surface area contributed by atoms with Crippen LogP contribution in [0.4, 0.5) is 0 Å². The van der Waals surface area contributed by atoms with Crippen molar-refractivity contribution in [1.29, 1.82) is 0 Å². The van der Waals surface area contributed by atoms with Gasteiger partial charge in [-0.05, 0) is 30.9 Å². The van der Waals surface area contributed by atoms with Gasteiger partial charge < -0.3 is 9.64 Å². The van der Waals surface area contributed by atoms with Gasteiger partial charge in [0.15, 0.2) is 0 Å². The number of amides is 1. The normalized spacial score (nSPS) is 16.8. The van der Waals surface area contributed by atoms with E-state index in [0.717, 1.165) is 17.5 Å². The van der Waals surface area contributed by atoms with Gasteiger partial charge in [0, 0.05) is 25.7 Å². The van der Waals surface area contributed by atoms with Crippen molar-refractivity contribution in [3.63, 3.8) is 0 Å². The molecule has 0 saturated carbocycles. The first kappa shape index (κ1) is 17.2. The Morgan fingerprint density at radius 3 is 2.80 bits per heavy atom. The van der Waals surface area contributed by atoms with Crippen molar-refractivity contribution in [3.05, 3.63) is 53.9 Å². The maximum Gasteiger partial charge on any atom is 0.329 e. The van der Waals surface area contributed by atoms with Crippen LogP contribution in [0, 0.1) is 6.92 Å². The standard InChI is InChI=1S/C19H23N3O3/c1-15-12-20-21(13-15)11-9-18(23)22-10-5-8-17(22)19(24)25-14-16-6-3-2-4-7-16/h2-4,6-7,12-13,17H,5,8-11,14H2,1H3/t17-/m1/s1. The van der Waals surface area contributed by atoms with Crippen molar-refractivity contribution in [2.45, 2.75) is 45.4 Å². The summed E-state index contributed by atoms with van der Waals surface area (Å²) < 4.78 is 7.16. The Bertz CT molecular complexity index is 727. The SMILES string of the molecule is Cc1cnn(CCC(=O)N2CCC[C@@H]2C(=O)OCc2ccccc2)c1. The number of hydrogen-bond donors (Lipinski definition) is 0. The van der Waals surface area contributed by atoms with Gasteiger partial charge in [-0.2, -0.15) is 5.10 Å². The lowest BCUT2D eigenvalue weighted by molar-refractivity contribution is -0.154. The third-order valence-corrected chi connectivity index (χ3v) is 4.39. The highest BCUT2D eigenvalue weighted by Crippen LogP contribution is 2.20. The number of rotatable bonds is 6. The third kappa shape index (κ3) is 4.47. The summed E-state index contributed by atoms with van der Waals surface area (Å²) in [6.07, 6.45) is 5.51. The van der Waals surface area contributed by atoms with Crippen molar-refractivity contribution >= 4 is 11.9 Å². The molecule has 2 heterocycles. The van der Waals surface area contributed by atoms with E-state index in [1.165, 1.54) is 0 Å². The summed E-state index contributed by atoms with van der Waals surface area (Å²) in [4.78, 5) is 26.5. The van der Waals surface area contributed by atoms with E-state index in [2.05, 4.69) is 5.10 Å². The Kier molecular flexibility index (Phi) is 5.48. The van der Waals surface area contributed by atoms with Crippen LogP contribution in [0.15, 0.2) is 42.7 Å². The molecule has 1 atom stereocenters. The molecule has 1 amide bonds. The molecule has 1 aromatic heterocycles. The fourth-order valence-electron chi connectivity index (χ4n) is 3.08. The average Bonchev–Trinajstić information content (AvgIpc) is 3.27. The van der Waals surface area contributed by atoms with Crippen LogP contribution >= 0.6 is 0 Å². The van der Waals surface area contributed by atoms with Gasteiger partial charge in [0.05, 0.1) is 6.20 Å². The molecule has 25 heavy (non-hydrogen) atoms. The number of aromatic nitrogens is 2. The van der Waals surface area contributed by atoms with E-state index in [0.29, 0.717) is 25.9 Å². The lowest BCUT2D eigenvalue weighted by Gasteiger charge is -2.23. The van der Waals surface area contributed by atoms with Gasteiger partial charge in [0.1, 0.15) is 12.6 Å². The van der Waals surface area contributed by atoms with Crippen molar-refractivity contribution in [2.24, 2.45) is 0 Å². The van der Waals surface area contributed by atoms with E-state index in [-0.39, 0.29) is 18.5 Å². The van der Waals surface area contributed by atoms with Crippen molar-refractivity contribution < 1.29 is 14.3 Å². The maximum atomic E-state index is 12.5. The molecule has 1 saturated heterocycles. The van der Waals surface area contributed by atoms with Gasteiger partial charge in [-0.3, -0.25) is 9.48 Å². The zero-order chi connectivity index (χ0) is 17.6. The lowest BCUT2D eigenvalue weighted by atomic mass is 10.2. The number of nitrogens with zero attached hydrogens (tertiary/aromatic N) is 3. The van der Waals surface area contributed by atoms with Crippen LogP contribution in [-0.4, -0.2) is 39.1 Å². The van der Waals surface area contributed by atoms with Gasteiger partial charge in [-0.25, -0.2) is 4.79 Å². The zero-order valence-electron chi connectivity index (χ0n) is 14.4. The van der Waals surface area contributed by atoms with Crippen LogP contribution in [0.2, 0.25) is 0 Å². The third-order valence-electron chi connectivity index (χ3n) is 4.39. The molecule has 0 bridgehead atoms. The molecular formula is C19H23N3O3. The maximum absolute atomic E-state index is 12.5. The van der Waals surface area contributed by atoms with E-state index in [9.17, 15) is 9.59 Å². The van der Waals surface area contributed by atoms with Crippen LogP contribution in [-0.2, 0) is 27.5 Å². The fraction of sp³-hybridized carbons (Fsp3) is 0.421. The number of ether oxygens (including phenoxy) is 1.